The van der Waals surface area contributed by atoms with Crippen LogP contribution in [0.3, 0.4) is 0 Å². The zero-order chi connectivity index (χ0) is 14.8. The minimum atomic E-state index is -3.74. The molecule has 0 aliphatic heterocycles. The monoisotopic (exact) mass is 292 g/mol. The van der Waals surface area contributed by atoms with Gasteiger partial charge in [0.1, 0.15) is 5.54 Å². The topological polar surface area (TPSA) is 87.0 Å². The second-order valence-electron chi connectivity index (χ2n) is 5.09. The molecule has 0 atom stereocenters. The van der Waals surface area contributed by atoms with Gasteiger partial charge in [0.25, 0.3) is 0 Å². The minimum absolute atomic E-state index is 0.0732. The van der Waals surface area contributed by atoms with E-state index in [1.165, 1.54) is 31.2 Å². The van der Waals surface area contributed by atoms with Gasteiger partial charge in [-0.05, 0) is 31.9 Å². The highest BCUT2D eigenvalue weighted by atomic mass is 32.2. The molecule has 6 heteroatoms. The first-order chi connectivity index (χ1) is 9.38. The molecule has 1 fully saturated rings. The van der Waals surface area contributed by atoms with E-state index in [0.29, 0.717) is 18.4 Å². The van der Waals surface area contributed by atoms with E-state index in [1.807, 2.05) is 0 Å². The van der Waals surface area contributed by atoms with Crippen LogP contribution >= 0.6 is 0 Å². The summed E-state index contributed by atoms with van der Waals surface area (Å²) in [5.74, 6) is -0.119. The molecule has 0 bridgehead atoms. The molecule has 0 radical (unpaired) electrons. The number of benzene rings is 1. The Morgan fingerprint density at radius 1 is 1.25 bits per heavy atom. The van der Waals surface area contributed by atoms with Crippen LogP contribution in [0.5, 0.6) is 0 Å². The van der Waals surface area contributed by atoms with Crippen LogP contribution in [0.25, 0.3) is 0 Å². The Hall–Kier alpha value is -1.71. The standard InChI is InChI=1S/C14H16N2O3S/c1-11(17)12-4-6-13(7-5-12)20(18,19)16-14(10-15)8-2-3-9-14/h4-7,16H,2-3,8-9H2,1H3. The number of carbonyl (C=O) groups excluding carboxylic acids is 1. The predicted molar refractivity (Wildman–Crippen MR) is 73.6 cm³/mol. The summed E-state index contributed by atoms with van der Waals surface area (Å²) in [6.07, 6.45) is 2.77. The van der Waals surface area contributed by atoms with E-state index in [-0.39, 0.29) is 10.7 Å². The van der Waals surface area contributed by atoms with Gasteiger partial charge in [0.05, 0.1) is 11.0 Å². The maximum atomic E-state index is 12.3. The average molecular weight is 292 g/mol. The van der Waals surface area contributed by atoms with Gasteiger partial charge in [0.15, 0.2) is 5.78 Å². The number of nitrogens with zero attached hydrogens (tertiary/aromatic N) is 1. The van der Waals surface area contributed by atoms with Crippen molar-refractivity contribution in [2.75, 3.05) is 0 Å². The lowest BCUT2D eigenvalue weighted by molar-refractivity contribution is 0.101. The van der Waals surface area contributed by atoms with Crippen molar-refractivity contribution in [3.8, 4) is 6.07 Å². The highest BCUT2D eigenvalue weighted by Crippen LogP contribution is 2.30. The Morgan fingerprint density at radius 2 is 1.80 bits per heavy atom. The summed E-state index contributed by atoms with van der Waals surface area (Å²) in [6, 6.07) is 7.82. The molecule has 20 heavy (non-hydrogen) atoms. The SMILES string of the molecule is CC(=O)c1ccc(S(=O)(=O)NC2(C#N)CCCC2)cc1. The maximum Gasteiger partial charge on any atom is 0.241 e. The first-order valence-corrected chi connectivity index (χ1v) is 7.93. The second-order valence-corrected chi connectivity index (χ2v) is 6.77. The van der Waals surface area contributed by atoms with Crippen LogP contribution in [0.2, 0.25) is 0 Å². The summed E-state index contributed by atoms with van der Waals surface area (Å²) >= 11 is 0. The van der Waals surface area contributed by atoms with E-state index in [9.17, 15) is 18.5 Å². The molecule has 1 aromatic carbocycles. The first-order valence-electron chi connectivity index (χ1n) is 6.45. The van der Waals surface area contributed by atoms with Gasteiger partial charge >= 0.3 is 0 Å². The van der Waals surface area contributed by atoms with Gasteiger partial charge in [-0.1, -0.05) is 25.0 Å². The van der Waals surface area contributed by atoms with Crippen molar-refractivity contribution in [1.82, 2.24) is 4.72 Å². The molecule has 5 nitrogen and oxygen atoms in total. The Morgan fingerprint density at radius 3 is 2.25 bits per heavy atom. The molecule has 1 N–H and O–H groups in total. The highest BCUT2D eigenvalue weighted by molar-refractivity contribution is 7.89. The van der Waals surface area contributed by atoms with Gasteiger partial charge in [-0.15, -0.1) is 0 Å². The molecular weight excluding hydrogens is 276 g/mol. The van der Waals surface area contributed by atoms with Crippen LogP contribution in [0, 0.1) is 11.3 Å². The fourth-order valence-electron chi connectivity index (χ4n) is 2.40. The van der Waals surface area contributed by atoms with E-state index < -0.39 is 15.6 Å². The third-order valence-corrected chi connectivity index (χ3v) is 5.12. The van der Waals surface area contributed by atoms with Gasteiger partial charge in [-0.25, -0.2) is 8.42 Å². The summed E-state index contributed by atoms with van der Waals surface area (Å²) < 4.78 is 27.1. The van der Waals surface area contributed by atoms with E-state index in [4.69, 9.17) is 0 Å². The normalized spacial score (nSPS) is 17.6. The molecule has 106 valence electrons. The number of sulfonamides is 1. The molecule has 0 aromatic heterocycles. The first kappa shape index (κ1) is 14.7. The van der Waals surface area contributed by atoms with E-state index >= 15 is 0 Å². The van der Waals surface area contributed by atoms with E-state index in [1.54, 1.807) is 0 Å². The predicted octanol–water partition coefficient (Wildman–Crippen LogP) is 2.00. The Kier molecular flexibility index (Phi) is 3.93. The summed E-state index contributed by atoms with van der Waals surface area (Å²) in [5, 5.41) is 9.22. The smallest absolute Gasteiger partial charge is 0.241 e. The van der Waals surface area contributed by atoms with Crippen LogP contribution in [0.4, 0.5) is 0 Å². The molecule has 1 aliphatic rings. The summed E-state index contributed by atoms with van der Waals surface area (Å²) in [5.41, 5.74) is -0.530. The summed E-state index contributed by atoms with van der Waals surface area (Å²) in [7, 11) is -3.74. The molecule has 0 unspecified atom stereocenters. The number of rotatable bonds is 4. The maximum absolute atomic E-state index is 12.3. The van der Waals surface area contributed by atoms with Crippen LogP contribution in [0.15, 0.2) is 29.2 Å². The van der Waals surface area contributed by atoms with Crippen molar-refractivity contribution in [3.05, 3.63) is 29.8 Å². The molecule has 0 saturated heterocycles. The van der Waals surface area contributed by atoms with Gasteiger partial charge in [-0.2, -0.15) is 9.98 Å². The van der Waals surface area contributed by atoms with Crippen LogP contribution in [0.1, 0.15) is 43.0 Å². The fraction of sp³-hybridized carbons (Fsp3) is 0.429. The summed E-state index contributed by atoms with van der Waals surface area (Å²) in [4.78, 5) is 11.2. The number of carbonyl (C=O) groups is 1. The zero-order valence-corrected chi connectivity index (χ0v) is 12.0. The quantitative estimate of drug-likeness (QED) is 0.860. The largest absolute Gasteiger partial charge is 0.295 e. The fourth-order valence-corrected chi connectivity index (χ4v) is 3.78. The molecule has 2 rings (SSSR count). The molecule has 1 saturated carbocycles. The lowest BCUT2D eigenvalue weighted by Gasteiger charge is -2.21. The second kappa shape index (κ2) is 5.35. The van der Waals surface area contributed by atoms with Crippen molar-refractivity contribution in [1.29, 1.82) is 5.26 Å². The van der Waals surface area contributed by atoms with Crippen LogP contribution in [-0.4, -0.2) is 19.7 Å². The summed E-state index contributed by atoms with van der Waals surface area (Å²) in [6.45, 7) is 1.42. The third-order valence-electron chi connectivity index (χ3n) is 3.57. The van der Waals surface area contributed by atoms with Crippen LogP contribution in [-0.2, 0) is 10.0 Å². The Labute approximate surface area is 118 Å². The lowest BCUT2D eigenvalue weighted by Crippen LogP contribution is -2.44. The lowest BCUT2D eigenvalue weighted by atomic mass is 10.0. The minimum Gasteiger partial charge on any atom is -0.295 e. The molecule has 0 heterocycles. The number of nitriles is 1. The molecule has 1 aliphatic carbocycles. The Bertz CT molecular complexity index is 651. The zero-order valence-electron chi connectivity index (χ0n) is 11.2. The third kappa shape index (κ3) is 2.89. The molecule has 0 spiro atoms. The van der Waals surface area contributed by atoms with Crippen molar-refractivity contribution >= 4 is 15.8 Å². The van der Waals surface area contributed by atoms with Crippen molar-refractivity contribution in [3.63, 3.8) is 0 Å². The van der Waals surface area contributed by atoms with E-state index in [2.05, 4.69) is 10.8 Å². The number of hydrogen-bond donors (Lipinski definition) is 1. The average Bonchev–Trinajstić information content (AvgIpc) is 2.87. The van der Waals surface area contributed by atoms with Crippen molar-refractivity contribution in [2.24, 2.45) is 0 Å². The molecule has 1 aromatic rings. The molecular formula is C14H16N2O3S. The van der Waals surface area contributed by atoms with Gasteiger partial charge in [-0.3, -0.25) is 4.79 Å². The van der Waals surface area contributed by atoms with Gasteiger partial charge < -0.3 is 0 Å². The van der Waals surface area contributed by atoms with Crippen LogP contribution < -0.4 is 4.72 Å². The number of nitrogens with one attached hydrogen (secondary N) is 1. The van der Waals surface area contributed by atoms with Crippen molar-refractivity contribution in [2.45, 2.75) is 43.0 Å². The van der Waals surface area contributed by atoms with Crippen molar-refractivity contribution < 1.29 is 13.2 Å². The Balaban J connectivity index is 2.26. The number of ketones is 1. The number of hydrogen-bond acceptors (Lipinski definition) is 4. The molecule has 0 amide bonds. The highest BCUT2D eigenvalue weighted by Gasteiger charge is 2.38. The van der Waals surface area contributed by atoms with E-state index in [0.717, 1.165) is 12.8 Å². The van der Waals surface area contributed by atoms with Gasteiger partial charge in [0, 0.05) is 5.56 Å². The van der Waals surface area contributed by atoms with Gasteiger partial charge in [0.2, 0.25) is 10.0 Å². The number of Topliss-reactive ketones (excluding diaryl/α,β-unsaturated/α-hetero) is 1.